The van der Waals surface area contributed by atoms with E-state index >= 15 is 0 Å². The van der Waals surface area contributed by atoms with Crippen LogP contribution in [0.25, 0.3) is 0 Å². The van der Waals surface area contributed by atoms with E-state index in [1.54, 1.807) is 0 Å². The van der Waals surface area contributed by atoms with Gasteiger partial charge in [0.25, 0.3) is 0 Å². The topological polar surface area (TPSA) is 59.1 Å². The number of carbonyl (C=O) groups is 2. The van der Waals surface area contributed by atoms with Gasteiger partial charge < -0.3 is 20.0 Å². The van der Waals surface area contributed by atoms with Crippen LogP contribution in [-0.2, 0) is 4.79 Å². The van der Waals surface area contributed by atoms with Crippen molar-refractivity contribution in [3.05, 3.63) is 11.8 Å². The molecular weight excluding hydrogens is 378 g/mol. The predicted octanol–water partition coefficient (Wildman–Crippen LogP) is 2.25. The first-order chi connectivity index (χ1) is 14.2. The van der Waals surface area contributed by atoms with E-state index in [1.807, 2.05) is 37.0 Å². The average molecular weight is 422 g/mol. The zero-order valence-corrected chi connectivity index (χ0v) is 20.0. The Morgan fingerprint density at radius 2 is 1.90 bits per heavy atom. The maximum atomic E-state index is 12.9. The highest BCUT2D eigenvalue weighted by Gasteiger charge is 2.41. The predicted molar refractivity (Wildman–Crippen MR) is 123 cm³/mol. The highest BCUT2D eigenvalue weighted by molar-refractivity contribution is 5.96. The van der Waals surface area contributed by atoms with Crippen LogP contribution in [0.3, 0.4) is 0 Å². The van der Waals surface area contributed by atoms with Crippen LogP contribution in [0.5, 0.6) is 0 Å². The van der Waals surface area contributed by atoms with E-state index in [-0.39, 0.29) is 17.9 Å². The van der Waals surface area contributed by atoms with Crippen LogP contribution in [0, 0.1) is 5.92 Å². The minimum Gasteiger partial charge on any atom is -0.383 e. The summed E-state index contributed by atoms with van der Waals surface area (Å²) in [7, 11) is 8.06. The number of rotatable bonds is 9. The third-order valence-electron chi connectivity index (χ3n) is 6.24. The molecule has 7 nitrogen and oxygen atoms in total. The largest absolute Gasteiger partial charge is 0.383 e. The van der Waals surface area contributed by atoms with Crippen LogP contribution in [0.15, 0.2) is 11.8 Å². The number of nitrogens with one attached hydrogen (secondary N) is 1. The Kier molecular flexibility index (Phi) is 9.62. The number of ketones is 1. The van der Waals surface area contributed by atoms with Gasteiger partial charge in [-0.15, -0.1) is 0 Å². The number of hydrogen-bond donors (Lipinski definition) is 1. The van der Waals surface area contributed by atoms with Gasteiger partial charge in [-0.1, -0.05) is 6.92 Å². The Hall–Kier alpha value is -1.60. The molecule has 172 valence electrons. The maximum absolute atomic E-state index is 12.9. The SMILES string of the molecule is CCCN1C[C@@H](NC(=O)N(CC)CCCN(C)C)C[C@@H]2CC(=O)C(=CN(C)C)C[C@H]21. The zero-order chi connectivity index (χ0) is 22.3. The molecule has 0 radical (unpaired) electrons. The molecule has 30 heavy (non-hydrogen) atoms. The standard InChI is InChI=1S/C23H43N5O2/c1-7-10-28-17-20(24-23(30)27(8-2)12-9-11-25(3)4)13-18-15-22(29)19(14-21(18)28)16-26(5)6/h16,18,20-21H,7-15,17H2,1-6H3,(H,24,30)/t18-,20+,21-/m1/s1. The van der Waals surface area contributed by atoms with Crippen molar-refractivity contribution in [1.82, 2.24) is 24.9 Å². The minimum absolute atomic E-state index is 0.0338. The quantitative estimate of drug-likeness (QED) is 0.579. The van der Waals surface area contributed by atoms with Crippen molar-refractivity contribution in [2.24, 2.45) is 5.92 Å². The van der Waals surface area contributed by atoms with Crippen molar-refractivity contribution in [1.29, 1.82) is 0 Å². The number of hydrogen-bond acceptors (Lipinski definition) is 5. The van der Waals surface area contributed by atoms with Crippen LogP contribution in [-0.4, -0.2) is 104 Å². The molecule has 0 aromatic heterocycles. The smallest absolute Gasteiger partial charge is 0.317 e. The first-order valence-electron chi connectivity index (χ1n) is 11.6. The number of fused-ring (bicyclic) bond motifs is 1. The van der Waals surface area contributed by atoms with Gasteiger partial charge in [-0.3, -0.25) is 9.69 Å². The van der Waals surface area contributed by atoms with Gasteiger partial charge in [0.05, 0.1) is 0 Å². The minimum atomic E-state index is 0.0338. The fraction of sp³-hybridized carbons (Fsp3) is 0.826. The number of likely N-dealkylation sites (tertiary alicyclic amines) is 1. The maximum Gasteiger partial charge on any atom is 0.317 e. The first kappa shape index (κ1) is 24.7. The Balaban J connectivity index is 2.01. The Morgan fingerprint density at radius 3 is 2.50 bits per heavy atom. The summed E-state index contributed by atoms with van der Waals surface area (Å²) in [5, 5.41) is 3.29. The molecule has 0 aromatic carbocycles. The van der Waals surface area contributed by atoms with Gasteiger partial charge in [-0.05, 0) is 65.7 Å². The van der Waals surface area contributed by atoms with E-state index in [4.69, 9.17) is 0 Å². The lowest BCUT2D eigenvalue weighted by atomic mass is 9.74. The van der Waals surface area contributed by atoms with Gasteiger partial charge in [0, 0.05) is 64.0 Å². The van der Waals surface area contributed by atoms with Crippen molar-refractivity contribution in [2.75, 3.05) is 60.9 Å². The van der Waals surface area contributed by atoms with E-state index in [9.17, 15) is 9.59 Å². The van der Waals surface area contributed by atoms with Crippen LogP contribution < -0.4 is 5.32 Å². The van der Waals surface area contributed by atoms with Gasteiger partial charge in [0.1, 0.15) is 0 Å². The summed E-state index contributed by atoms with van der Waals surface area (Å²) in [6, 6.07) is 0.552. The van der Waals surface area contributed by atoms with Crippen LogP contribution in [0.2, 0.25) is 0 Å². The summed E-state index contributed by atoms with van der Waals surface area (Å²) in [6.07, 6.45) is 6.36. The molecule has 1 aliphatic heterocycles. The average Bonchev–Trinajstić information content (AvgIpc) is 2.66. The van der Waals surface area contributed by atoms with E-state index < -0.39 is 0 Å². The number of nitrogens with zero attached hydrogens (tertiary/aromatic N) is 4. The van der Waals surface area contributed by atoms with Gasteiger partial charge in [-0.25, -0.2) is 4.79 Å². The number of Topliss-reactive ketones (excluding diaryl/α,β-unsaturated/α-hetero) is 1. The van der Waals surface area contributed by atoms with Gasteiger partial charge >= 0.3 is 6.03 Å². The molecule has 0 bridgehead atoms. The highest BCUT2D eigenvalue weighted by Crippen LogP contribution is 2.36. The second-order valence-electron chi connectivity index (χ2n) is 9.39. The number of urea groups is 1. The van der Waals surface area contributed by atoms with Crippen molar-refractivity contribution in [2.45, 2.75) is 58.0 Å². The molecule has 7 heteroatoms. The molecule has 0 aromatic rings. The molecule has 2 amide bonds. The summed E-state index contributed by atoms with van der Waals surface area (Å²) < 4.78 is 0. The molecule has 1 aliphatic carbocycles. The number of carbonyl (C=O) groups excluding carboxylic acids is 2. The molecule has 1 heterocycles. The summed E-state index contributed by atoms with van der Waals surface area (Å²) in [4.78, 5) is 34.1. The normalized spacial score (nSPS) is 26.0. The van der Waals surface area contributed by atoms with E-state index in [0.717, 1.165) is 57.4 Å². The zero-order valence-electron chi connectivity index (χ0n) is 20.0. The molecule has 2 aliphatic rings. The Morgan fingerprint density at radius 1 is 1.17 bits per heavy atom. The fourth-order valence-electron chi connectivity index (χ4n) is 4.87. The van der Waals surface area contributed by atoms with Gasteiger partial charge in [0.2, 0.25) is 0 Å². The Bertz CT molecular complexity index is 604. The monoisotopic (exact) mass is 421 g/mol. The van der Waals surface area contributed by atoms with Crippen molar-refractivity contribution >= 4 is 11.8 Å². The van der Waals surface area contributed by atoms with Crippen molar-refractivity contribution in [3.8, 4) is 0 Å². The van der Waals surface area contributed by atoms with Crippen LogP contribution >= 0.6 is 0 Å². The van der Waals surface area contributed by atoms with E-state index in [0.29, 0.717) is 24.9 Å². The summed E-state index contributed by atoms with van der Waals surface area (Å²) >= 11 is 0. The molecule has 0 unspecified atom stereocenters. The summed E-state index contributed by atoms with van der Waals surface area (Å²) in [5.41, 5.74) is 0.947. The van der Waals surface area contributed by atoms with Crippen LogP contribution in [0.4, 0.5) is 4.79 Å². The lowest BCUT2D eigenvalue weighted by molar-refractivity contribution is -0.119. The van der Waals surface area contributed by atoms with E-state index in [2.05, 4.69) is 36.1 Å². The highest BCUT2D eigenvalue weighted by atomic mass is 16.2. The van der Waals surface area contributed by atoms with Crippen molar-refractivity contribution in [3.63, 3.8) is 0 Å². The molecule has 3 atom stereocenters. The number of piperidine rings is 1. The number of amides is 2. The second kappa shape index (κ2) is 11.7. The van der Waals surface area contributed by atoms with Gasteiger partial charge in [0.15, 0.2) is 5.78 Å². The molecule has 1 saturated carbocycles. The summed E-state index contributed by atoms with van der Waals surface area (Å²) in [5.74, 6) is 0.596. The lowest BCUT2D eigenvalue weighted by Crippen LogP contribution is -2.59. The summed E-state index contributed by atoms with van der Waals surface area (Å²) in [6.45, 7) is 8.59. The Labute approximate surface area is 183 Å². The molecule has 1 saturated heterocycles. The third-order valence-corrected chi connectivity index (χ3v) is 6.24. The second-order valence-corrected chi connectivity index (χ2v) is 9.39. The molecular formula is C23H43N5O2. The molecule has 2 fully saturated rings. The fourth-order valence-corrected chi connectivity index (χ4v) is 4.87. The van der Waals surface area contributed by atoms with Crippen molar-refractivity contribution < 1.29 is 9.59 Å². The van der Waals surface area contributed by atoms with Crippen LogP contribution in [0.1, 0.15) is 46.0 Å². The third kappa shape index (κ3) is 6.98. The van der Waals surface area contributed by atoms with Gasteiger partial charge in [-0.2, -0.15) is 0 Å². The first-order valence-corrected chi connectivity index (χ1v) is 11.6. The molecule has 1 N–H and O–H groups in total. The lowest BCUT2D eigenvalue weighted by Gasteiger charge is -2.47. The molecule has 0 spiro atoms. The van der Waals surface area contributed by atoms with E-state index in [1.165, 1.54) is 0 Å². The molecule has 2 rings (SSSR count).